The number of carbonyl (C=O) groups is 2. The Hall–Kier alpha value is -2.09. The van der Waals surface area contributed by atoms with Crippen molar-refractivity contribution in [2.45, 2.75) is 24.3 Å². The molecule has 118 valence electrons. The Morgan fingerprint density at radius 3 is 2.64 bits per heavy atom. The Morgan fingerprint density at radius 1 is 1.45 bits per heavy atom. The molecule has 2 rings (SSSR count). The van der Waals surface area contributed by atoms with Crippen molar-refractivity contribution in [1.29, 1.82) is 0 Å². The number of carboxylic acid groups (broad SMARTS) is 1. The minimum absolute atomic E-state index is 0.00902. The van der Waals surface area contributed by atoms with Gasteiger partial charge in [-0.15, -0.1) is 11.8 Å². The Kier molecular flexibility index (Phi) is 4.70. The standard InChI is InChI=1S/C14H16N2O5S/c1-8-10(14(18)19)5-6-15(8)13(17)11-7-9(22-2)3-4-12(11)16(20)21/h3-4,7-8,10H,5-6H2,1-2H3,(H,18,19). The van der Waals surface area contributed by atoms with Crippen LogP contribution in [0.15, 0.2) is 23.1 Å². The SMILES string of the molecule is CSc1ccc([N+](=O)[O-])c(C(=O)N2CCC(C(=O)O)C2C)c1. The highest BCUT2D eigenvalue weighted by Gasteiger charge is 2.39. The number of likely N-dealkylation sites (tertiary alicyclic amines) is 1. The van der Waals surface area contributed by atoms with E-state index in [4.69, 9.17) is 5.11 Å². The van der Waals surface area contributed by atoms with Gasteiger partial charge in [0.25, 0.3) is 11.6 Å². The van der Waals surface area contributed by atoms with E-state index in [0.717, 1.165) is 4.90 Å². The number of nitro groups is 1. The number of carbonyl (C=O) groups excluding carboxylic acids is 1. The van der Waals surface area contributed by atoms with Gasteiger partial charge in [0.2, 0.25) is 0 Å². The number of nitro benzene ring substituents is 1. The second-order valence-corrected chi connectivity index (χ2v) is 5.99. The summed E-state index contributed by atoms with van der Waals surface area (Å²) in [5.74, 6) is -2.07. The van der Waals surface area contributed by atoms with E-state index < -0.39 is 28.8 Å². The number of aliphatic carboxylic acids is 1. The summed E-state index contributed by atoms with van der Waals surface area (Å²) in [6, 6.07) is 3.91. The van der Waals surface area contributed by atoms with Crippen LogP contribution in [-0.2, 0) is 4.79 Å². The van der Waals surface area contributed by atoms with E-state index in [2.05, 4.69) is 0 Å². The monoisotopic (exact) mass is 324 g/mol. The number of amides is 1. The van der Waals surface area contributed by atoms with E-state index in [-0.39, 0.29) is 17.8 Å². The van der Waals surface area contributed by atoms with Gasteiger partial charge < -0.3 is 10.0 Å². The summed E-state index contributed by atoms with van der Waals surface area (Å²) in [7, 11) is 0. The summed E-state index contributed by atoms with van der Waals surface area (Å²) in [5.41, 5.74) is -0.247. The van der Waals surface area contributed by atoms with Gasteiger partial charge in [-0.25, -0.2) is 0 Å². The van der Waals surface area contributed by atoms with Gasteiger partial charge in [-0.05, 0) is 31.7 Å². The Morgan fingerprint density at radius 2 is 2.14 bits per heavy atom. The fourth-order valence-corrected chi connectivity index (χ4v) is 3.12. The molecule has 1 aliphatic heterocycles. The van der Waals surface area contributed by atoms with Crippen molar-refractivity contribution in [2.75, 3.05) is 12.8 Å². The quantitative estimate of drug-likeness (QED) is 0.518. The topological polar surface area (TPSA) is 101 Å². The van der Waals surface area contributed by atoms with Gasteiger partial charge in [-0.1, -0.05) is 0 Å². The lowest BCUT2D eigenvalue weighted by molar-refractivity contribution is -0.385. The molecule has 1 aliphatic rings. The zero-order valence-corrected chi connectivity index (χ0v) is 13.0. The van der Waals surface area contributed by atoms with Crippen LogP contribution in [-0.4, -0.2) is 45.6 Å². The van der Waals surface area contributed by atoms with Gasteiger partial charge in [-0.2, -0.15) is 0 Å². The molecule has 2 atom stereocenters. The molecule has 7 nitrogen and oxygen atoms in total. The van der Waals surface area contributed by atoms with Crippen LogP contribution < -0.4 is 0 Å². The second-order valence-electron chi connectivity index (χ2n) is 5.11. The van der Waals surface area contributed by atoms with Crippen molar-refractivity contribution in [1.82, 2.24) is 4.90 Å². The zero-order valence-electron chi connectivity index (χ0n) is 12.2. The lowest BCUT2D eigenvalue weighted by Crippen LogP contribution is -2.37. The average molecular weight is 324 g/mol. The molecule has 2 unspecified atom stereocenters. The van der Waals surface area contributed by atoms with Crippen molar-refractivity contribution in [3.63, 3.8) is 0 Å². The molecule has 1 saturated heterocycles. The largest absolute Gasteiger partial charge is 0.481 e. The van der Waals surface area contributed by atoms with Crippen LogP contribution in [0, 0.1) is 16.0 Å². The molecular formula is C14H16N2O5S. The van der Waals surface area contributed by atoms with Crippen LogP contribution in [0.4, 0.5) is 5.69 Å². The lowest BCUT2D eigenvalue weighted by atomic mass is 10.0. The number of hydrogen-bond acceptors (Lipinski definition) is 5. The lowest BCUT2D eigenvalue weighted by Gasteiger charge is -2.23. The van der Waals surface area contributed by atoms with Crippen LogP contribution >= 0.6 is 11.8 Å². The molecule has 1 amide bonds. The Labute approximate surface area is 131 Å². The molecule has 0 aromatic heterocycles. The van der Waals surface area contributed by atoms with E-state index in [0.29, 0.717) is 6.42 Å². The molecule has 0 saturated carbocycles. The number of thioether (sulfide) groups is 1. The van der Waals surface area contributed by atoms with Crippen LogP contribution in [0.25, 0.3) is 0 Å². The molecule has 0 radical (unpaired) electrons. The number of benzene rings is 1. The van der Waals surface area contributed by atoms with E-state index >= 15 is 0 Å². The maximum Gasteiger partial charge on any atom is 0.308 e. The summed E-state index contributed by atoms with van der Waals surface area (Å²) >= 11 is 1.38. The maximum absolute atomic E-state index is 12.6. The van der Waals surface area contributed by atoms with Gasteiger partial charge in [0.05, 0.1) is 10.8 Å². The van der Waals surface area contributed by atoms with Gasteiger partial charge >= 0.3 is 5.97 Å². The first-order chi connectivity index (χ1) is 10.4. The normalized spacial score (nSPS) is 20.9. The first-order valence-corrected chi connectivity index (χ1v) is 7.95. The van der Waals surface area contributed by atoms with E-state index in [1.807, 2.05) is 6.26 Å². The average Bonchev–Trinajstić information content (AvgIpc) is 2.87. The minimum atomic E-state index is -0.949. The first kappa shape index (κ1) is 16.3. The summed E-state index contributed by atoms with van der Waals surface area (Å²) in [5, 5.41) is 20.3. The number of carboxylic acids is 1. The highest BCUT2D eigenvalue weighted by atomic mass is 32.2. The molecule has 1 heterocycles. The molecule has 1 aromatic carbocycles. The molecule has 0 spiro atoms. The minimum Gasteiger partial charge on any atom is -0.481 e. The molecule has 0 bridgehead atoms. The molecule has 22 heavy (non-hydrogen) atoms. The van der Waals surface area contributed by atoms with Crippen molar-refractivity contribution in [2.24, 2.45) is 5.92 Å². The van der Waals surface area contributed by atoms with E-state index in [9.17, 15) is 19.7 Å². The summed E-state index contributed by atoms with van der Waals surface area (Å²) in [6.45, 7) is 1.95. The van der Waals surface area contributed by atoms with Crippen LogP contribution in [0.1, 0.15) is 23.7 Å². The van der Waals surface area contributed by atoms with Crippen LogP contribution in [0.3, 0.4) is 0 Å². The van der Waals surface area contributed by atoms with Gasteiger partial charge in [-0.3, -0.25) is 19.7 Å². The molecule has 0 aliphatic carbocycles. The summed E-state index contributed by atoms with van der Waals surface area (Å²) < 4.78 is 0. The second kappa shape index (κ2) is 6.35. The van der Waals surface area contributed by atoms with Gasteiger partial charge in [0.1, 0.15) is 5.56 Å². The van der Waals surface area contributed by atoms with Crippen molar-refractivity contribution in [3.8, 4) is 0 Å². The highest BCUT2D eigenvalue weighted by molar-refractivity contribution is 7.98. The predicted octanol–water partition coefficient (Wildman–Crippen LogP) is 2.25. The number of nitrogens with zero attached hydrogens (tertiary/aromatic N) is 2. The van der Waals surface area contributed by atoms with Crippen molar-refractivity contribution in [3.05, 3.63) is 33.9 Å². The van der Waals surface area contributed by atoms with Gasteiger partial charge in [0.15, 0.2) is 0 Å². The summed E-state index contributed by atoms with van der Waals surface area (Å²) in [6.07, 6.45) is 2.17. The van der Waals surface area contributed by atoms with Crippen LogP contribution in [0.5, 0.6) is 0 Å². The summed E-state index contributed by atoms with van der Waals surface area (Å²) in [4.78, 5) is 36.5. The molecule has 1 aromatic rings. The van der Waals surface area contributed by atoms with Crippen LogP contribution in [0.2, 0.25) is 0 Å². The third-order valence-electron chi connectivity index (χ3n) is 3.96. The molecule has 8 heteroatoms. The third-order valence-corrected chi connectivity index (χ3v) is 4.69. The number of rotatable bonds is 4. The highest BCUT2D eigenvalue weighted by Crippen LogP contribution is 2.30. The van der Waals surface area contributed by atoms with Crippen molar-refractivity contribution < 1.29 is 19.6 Å². The Bertz CT molecular complexity index is 634. The molecular weight excluding hydrogens is 308 g/mol. The molecule has 1 fully saturated rings. The smallest absolute Gasteiger partial charge is 0.308 e. The van der Waals surface area contributed by atoms with Gasteiger partial charge in [0, 0.05) is 23.5 Å². The molecule has 1 N–H and O–H groups in total. The van der Waals surface area contributed by atoms with E-state index in [1.54, 1.807) is 13.0 Å². The predicted molar refractivity (Wildman–Crippen MR) is 81.1 cm³/mol. The third kappa shape index (κ3) is 2.92. The Balaban J connectivity index is 2.37. The fourth-order valence-electron chi connectivity index (χ4n) is 2.68. The first-order valence-electron chi connectivity index (χ1n) is 6.73. The fraction of sp³-hybridized carbons (Fsp3) is 0.429. The maximum atomic E-state index is 12.6. The number of hydrogen-bond donors (Lipinski definition) is 1. The zero-order chi connectivity index (χ0) is 16.4. The van der Waals surface area contributed by atoms with E-state index in [1.165, 1.54) is 28.8 Å². The van der Waals surface area contributed by atoms with Crippen molar-refractivity contribution >= 4 is 29.3 Å².